The van der Waals surface area contributed by atoms with Crippen molar-refractivity contribution in [2.24, 2.45) is 5.73 Å². The first-order chi connectivity index (χ1) is 12.2. The van der Waals surface area contributed by atoms with E-state index in [0.29, 0.717) is 18.0 Å². The number of nitrogens with zero attached hydrogens (tertiary/aromatic N) is 1. The monoisotopic (exact) mass is 354 g/mol. The number of rotatable bonds is 6. The van der Waals surface area contributed by atoms with Crippen molar-refractivity contribution < 1.29 is 4.79 Å². The normalized spacial score (nSPS) is 12.6. The van der Waals surface area contributed by atoms with E-state index in [0.717, 1.165) is 22.2 Å². The van der Waals surface area contributed by atoms with E-state index in [1.54, 1.807) is 12.3 Å². The summed E-state index contributed by atoms with van der Waals surface area (Å²) in [6, 6.07) is 11.2. The maximum atomic E-state index is 12.2. The average Bonchev–Trinajstić information content (AvgIpc) is 3.04. The third-order valence-electron chi connectivity index (χ3n) is 3.92. The lowest BCUT2D eigenvalue weighted by molar-refractivity contribution is -0.117. The van der Waals surface area contributed by atoms with Gasteiger partial charge in [-0.2, -0.15) is 0 Å². The number of nitrogens with two attached hydrogens (primary N) is 1. The van der Waals surface area contributed by atoms with Crippen LogP contribution in [-0.4, -0.2) is 28.5 Å². The summed E-state index contributed by atoms with van der Waals surface area (Å²) >= 11 is 5.89. The molecule has 1 amide bonds. The first-order valence-corrected chi connectivity index (χ1v) is 8.38. The Kier molecular flexibility index (Phi) is 5.48. The van der Waals surface area contributed by atoms with E-state index in [2.05, 4.69) is 15.3 Å². The second-order valence-corrected chi connectivity index (χ2v) is 6.19. The van der Waals surface area contributed by atoms with Gasteiger partial charge >= 0.3 is 0 Å². The van der Waals surface area contributed by atoms with Crippen molar-refractivity contribution in [2.45, 2.75) is 12.5 Å². The minimum atomic E-state index is -0.178. The Morgan fingerprint density at radius 2 is 2.12 bits per heavy atom. The average molecular weight is 355 g/mol. The predicted molar refractivity (Wildman–Crippen MR) is 101 cm³/mol. The zero-order chi connectivity index (χ0) is 17.6. The molecular weight excluding hydrogens is 336 g/mol. The Bertz CT molecular complexity index is 886. The van der Waals surface area contributed by atoms with E-state index in [-0.39, 0.29) is 11.9 Å². The predicted octanol–water partition coefficient (Wildman–Crippen LogP) is 2.92. The summed E-state index contributed by atoms with van der Waals surface area (Å²) in [5.74, 6) is -0.178. The van der Waals surface area contributed by atoms with Gasteiger partial charge in [0, 0.05) is 47.0 Å². The van der Waals surface area contributed by atoms with E-state index in [1.807, 2.05) is 42.6 Å². The van der Waals surface area contributed by atoms with Gasteiger partial charge in [0.15, 0.2) is 0 Å². The number of aromatic nitrogens is 2. The number of fused-ring (bicyclic) bond motifs is 1. The molecule has 0 saturated heterocycles. The number of halogens is 1. The van der Waals surface area contributed by atoms with Crippen molar-refractivity contribution in [1.29, 1.82) is 0 Å². The zero-order valence-corrected chi connectivity index (χ0v) is 14.3. The molecule has 1 atom stereocenters. The van der Waals surface area contributed by atoms with Crippen LogP contribution in [0.15, 0.2) is 54.9 Å². The Labute approximate surface area is 150 Å². The molecule has 0 spiro atoms. The molecule has 0 saturated carbocycles. The van der Waals surface area contributed by atoms with Crippen LogP contribution in [0, 0.1) is 0 Å². The van der Waals surface area contributed by atoms with Gasteiger partial charge in [0.05, 0.1) is 0 Å². The lowest BCUT2D eigenvalue weighted by Gasteiger charge is -2.15. The maximum Gasteiger partial charge on any atom is 0.244 e. The van der Waals surface area contributed by atoms with E-state index in [1.165, 1.54) is 6.08 Å². The highest BCUT2D eigenvalue weighted by Crippen LogP contribution is 2.16. The molecule has 6 heteroatoms. The molecule has 2 aromatic heterocycles. The number of hydrogen-bond donors (Lipinski definition) is 3. The number of nitrogens with one attached hydrogen (secondary N) is 2. The van der Waals surface area contributed by atoms with Gasteiger partial charge < -0.3 is 16.0 Å². The number of benzene rings is 1. The van der Waals surface area contributed by atoms with Gasteiger partial charge in [-0.05, 0) is 42.3 Å². The minimum absolute atomic E-state index is 0.136. The maximum absolute atomic E-state index is 12.2. The summed E-state index contributed by atoms with van der Waals surface area (Å²) in [5.41, 5.74) is 8.57. The second-order valence-electron chi connectivity index (χ2n) is 5.75. The molecule has 5 nitrogen and oxygen atoms in total. The summed E-state index contributed by atoms with van der Waals surface area (Å²) in [5, 5.41) is 4.59. The Morgan fingerprint density at radius 3 is 2.88 bits per heavy atom. The summed E-state index contributed by atoms with van der Waals surface area (Å²) < 4.78 is 0. The van der Waals surface area contributed by atoms with Crippen molar-refractivity contribution in [1.82, 2.24) is 15.3 Å². The lowest BCUT2D eigenvalue weighted by Crippen LogP contribution is -2.40. The Hall–Kier alpha value is -2.63. The summed E-state index contributed by atoms with van der Waals surface area (Å²) in [4.78, 5) is 19.5. The Morgan fingerprint density at radius 1 is 1.32 bits per heavy atom. The van der Waals surface area contributed by atoms with E-state index >= 15 is 0 Å². The van der Waals surface area contributed by atoms with Crippen LogP contribution in [0.5, 0.6) is 0 Å². The van der Waals surface area contributed by atoms with Gasteiger partial charge in [-0.3, -0.25) is 4.79 Å². The SMILES string of the molecule is NC[C@H](Cc1ccc(Cl)cc1)NC(=O)/C=C/c1c[nH]c2ncccc12. The number of hydrogen-bond acceptors (Lipinski definition) is 3. The van der Waals surface area contributed by atoms with Crippen LogP contribution < -0.4 is 11.1 Å². The van der Waals surface area contributed by atoms with E-state index in [9.17, 15) is 4.79 Å². The van der Waals surface area contributed by atoms with Crippen LogP contribution in [0.3, 0.4) is 0 Å². The topological polar surface area (TPSA) is 83.8 Å². The van der Waals surface area contributed by atoms with Gasteiger partial charge in [-0.15, -0.1) is 0 Å². The van der Waals surface area contributed by atoms with Crippen LogP contribution in [0.4, 0.5) is 0 Å². The first-order valence-electron chi connectivity index (χ1n) is 8.01. The fraction of sp³-hybridized carbons (Fsp3) is 0.158. The molecule has 2 heterocycles. The standard InChI is InChI=1S/C19H19ClN4O/c20-15-6-3-13(4-7-15)10-16(11-21)24-18(25)8-5-14-12-23-19-17(14)2-1-9-22-19/h1-9,12,16H,10-11,21H2,(H,22,23)(H,24,25)/b8-5+/t16-/m0/s1. The number of carbonyl (C=O) groups is 1. The molecule has 1 aromatic carbocycles. The number of H-pyrrole nitrogens is 1. The van der Waals surface area contributed by atoms with Crippen LogP contribution in [0.1, 0.15) is 11.1 Å². The van der Waals surface area contributed by atoms with Gasteiger partial charge in [0.25, 0.3) is 0 Å². The molecule has 0 fully saturated rings. The van der Waals surface area contributed by atoms with Crippen LogP contribution in [0.2, 0.25) is 5.02 Å². The number of carbonyl (C=O) groups excluding carboxylic acids is 1. The molecule has 25 heavy (non-hydrogen) atoms. The first kappa shape index (κ1) is 17.2. The van der Waals surface area contributed by atoms with E-state index < -0.39 is 0 Å². The fourth-order valence-electron chi connectivity index (χ4n) is 2.63. The molecule has 4 N–H and O–H groups in total. The molecule has 0 bridgehead atoms. The van der Waals surface area contributed by atoms with Crippen molar-refractivity contribution >= 4 is 34.6 Å². The number of pyridine rings is 1. The summed E-state index contributed by atoms with van der Waals surface area (Å²) in [7, 11) is 0. The molecule has 128 valence electrons. The van der Waals surface area contributed by atoms with Gasteiger partial charge in [0.2, 0.25) is 5.91 Å². The molecule has 0 unspecified atom stereocenters. The van der Waals surface area contributed by atoms with Crippen LogP contribution >= 0.6 is 11.6 Å². The molecular formula is C19H19ClN4O. The summed E-state index contributed by atoms with van der Waals surface area (Å²) in [6.07, 6.45) is 7.49. The lowest BCUT2D eigenvalue weighted by atomic mass is 10.1. The third kappa shape index (κ3) is 4.47. The van der Waals surface area contributed by atoms with Gasteiger partial charge in [-0.1, -0.05) is 23.7 Å². The Balaban J connectivity index is 1.63. The summed E-state index contributed by atoms with van der Waals surface area (Å²) in [6.45, 7) is 0.360. The van der Waals surface area contributed by atoms with Crippen LogP contribution in [-0.2, 0) is 11.2 Å². The van der Waals surface area contributed by atoms with E-state index in [4.69, 9.17) is 17.3 Å². The smallest absolute Gasteiger partial charge is 0.244 e. The highest BCUT2D eigenvalue weighted by molar-refractivity contribution is 6.30. The van der Waals surface area contributed by atoms with Gasteiger partial charge in [0.1, 0.15) is 5.65 Å². The molecule has 0 aliphatic heterocycles. The zero-order valence-electron chi connectivity index (χ0n) is 13.6. The highest BCUT2D eigenvalue weighted by atomic mass is 35.5. The second kappa shape index (κ2) is 7.96. The largest absolute Gasteiger partial charge is 0.348 e. The molecule has 0 aliphatic carbocycles. The molecule has 0 aliphatic rings. The van der Waals surface area contributed by atoms with Crippen molar-refractivity contribution in [3.05, 3.63) is 71.0 Å². The third-order valence-corrected chi connectivity index (χ3v) is 4.18. The van der Waals surface area contributed by atoms with Crippen molar-refractivity contribution in [3.8, 4) is 0 Å². The highest BCUT2D eigenvalue weighted by Gasteiger charge is 2.10. The quantitative estimate of drug-likeness (QED) is 0.595. The molecule has 3 rings (SSSR count). The number of amides is 1. The van der Waals surface area contributed by atoms with Crippen molar-refractivity contribution in [2.75, 3.05) is 6.54 Å². The fourth-order valence-corrected chi connectivity index (χ4v) is 2.75. The minimum Gasteiger partial charge on any atom is -0.348 e. The van der Waals surface area contributed by atoms with Crippen molar-refractivity contribution in [3.63, 3.8) is 0 Å². The van der Waals surface area contributed by atoms with Gasteiger partial charge in [-0.25, -0.2) is 4.98 Å². The molecule has 0 radical (unpaired) electrons. The molecule has 3 aromatic rings. The number of aromatic amines is 1. The van der Waals surface area contributed by atoms with Crippen LogP contribution in [0.25, 0.3) is 17.1 Å².